The summed E-state index contributed by atoms with van der Waals surface area (Å²) in [4.78, 5) is 30.6. The number of amides is 1. The van der Waals surface area contributed by atoms with Gasteiger partial charge in [0.25, 0.3) is 0 Å². The highest BCUT2D eigenvalue weighted by Crippen LogP contribution is 2.06. The fraction of sp³-hybridized carbons (Fsp3) is 0.727. The van der Waals surface area contributed by atoms with Crippen molar-refractivity contribution in [2.45, 2.75) is 45.2 Å². The van der Waals surface area contributed by atoms with Crippen LogP contribution < -0.4 is 16.7 Å². The Balaban J connectivity index is 0. The summed E-state index contributed by atoms with van der Waals surface area (Å²) in [6, 6.07) is -1.97. The molecule has 3 atom stereocenters. The molecule has 0 bridgehead atoms. The van der Waals surface area contributed by atoms with Crippen molar-refractivity contribution in [3.05, 3.63) is 0 Å². The van der Waals surface area contributed by atoms with E-state index >= 15 is 0 Å². The monoisotopic (exact) mass is 309 g/mol. The smallest absolute Gasteiger partial charge is 0.323 e. The third kappa shape index (κ3) is 10.7. The maximum absolute atomic E-state index is 10.3. The van der Waals surface area contributed by atoms with Gasteiger partial charge in [0.2, 0.25) is 5.91 Å². The van der Waals surface area contributed by atoms with E-state index in [2.05, 4.69) is 0 Å². The lowest BCUT2D eigenvalue weighted by atomic mass is 10.0. The van der Waals surface area contributed by atoms with Gasteiger partial charge >= 0.3 is 11.9 Å². The molecule has 124 valence electrons. The Hall–Kier alpha value is -1.75. The molecule has 10 heteroatoms. The van der Waals surface area contributed by atoms with Crippen LogP contribution in [0.4, 0.5) is 0 Å². The van der Waals surface area contributed by atoms with Crippen LogP contribution in [0, 0.1) is 5.92 Å². The molecule has 0 spiro atoms. The van der Waals surface area contributed by atoms with Crippen LogP contribution in [0.15, 0.2) is 0 Å². The number of hydroxylamine groups is 2. The van der Waals surface area contributed by atoms with Crippen LogP contribution in [-0.4, -0.2) is 50.6 Å². The molecule has 0 rings (SSSR count). The molecule has 0 aliphatic carbocycles. The molecule has 0 aromatic rings. The first-order valence-corrected chi connectivity index (χ1v) is 6.24. The second-order valence-corrected chi connectivity index (χ2v) is 4.36. The summed E-state index contributed by atoms with van der Waals surface area (Å²) >= 11 is 0. The molecule has 10 nitrogen and oxygen atoms in total. The molecule has 0 unspecified atom stereocenters. The number of hydrogen-bond acceptors (Lipinski definition) is 7. The quantitative estimate of drug-likeness (QED) is 0.267. The number of rotatable bonds is 9. The van der Waals surface area contributed by atoms with Gasteiger partial charge in [-0.1, -0.05) is 20.3 Å². The van der Waals surface area contributed by atoms with E-state index in [-0.39, 0.29) is 18.8 Å². The lowest BCUT2D eigenvalue weighted by molar-refractivity contribution is -0.144. The Morgan fingerprint density at radius 3 is 1.81 bits per heavy atom. The lowest BCUT2D eigenvalue weighted by Gasteiger charge is -2.15. The van der Waals surface area contributed by atoms with Crippen molar-refractivity contribution in [3.63, 3.8) is 0 Å². The Bertz CT molecular complexity index is 338. The predicted octanol–water partition coefficient (Wildman–Crippen LogP) is -0.852. The average Bonchev–Trinajstić information content (AvgIpc) is 2.39. The van der Waals surface area contributed by atoms with Crippen molar-refractivity contribution in [3.8, 4) is 0 Å². The number of carboxylic acid groups (broad SMARTS) is 2. The number of hydrogen-bond donors (Lipinski definition) is 7. The topological polar surface area (TPSA) is 182 Å². The average molecular weight is 309 g/mol. The van der Waals surface area contributed by atoms with Crippen LogP contribution in [0.2, 0.25) is 0 Å². The van der Waals surface area contributed by atoms with Crippen molar-refractivity contribution in [2.75, 3.05) is 0 Å². The number of nitrogens with two attached hydrogens (primary N) is 1. The van der Waals surface area contributed by atoms with E-state index in [9.17, 15) is 14.4 Å². The minimum Gasteiger partial charge on any atom is -0.480 e. The van der Waals surface area contributed by atoms with Crippen molar-refractivity contribution in [1.29, 1.82) is 0 Å². The zero-order chi connectivity index (χ0) is 17.0. The third-order valence-corrected chi connectivity index (χ3v) is 2.75. The van der Waals surface area contributed by atoms with Crippen molar-refractivity contribution < 1.29 is 35.0 Å². The van der Waals surface area contributed by atoms with E-state index in [0.717, 1.165) is 6.42 Å². The van der Waals surface area contributed by atoms with Gasteiger partial charge in [-0.3, -0.25) is 14.4 Å². The van der Waals surface area contributed by atoms with Gasteiger partial charge in [-0.2, -0.15) is 11.0 Å². The standard InChI is InChI=1S/C6H13NO3.C5H10N2O4/c1-3-4(2)5(7-10)6(8)9;6-4(8)2-1-3(7-11)5(9)10/h4-5,7,10H,3H2,1-2H3,(H,8,9);3,7,11H,1-2H2,(H2,6,8)(H,9,10)/t4-,5-;3-/m00/s1. The number of nitrogens with one attached hydrogen (secondary N) is 2. The maximum Gasteiger partial charge on any atom is 0.323 e. The Kier molecular flexibility index (Phi) is 12.3. The van der Waals surface area contributed by atoms with Gasteiger partial charge in [-0.15, -0.1) is 0 Å². The minimum atomic E-state index is -1.21. The Morgan fingerprint density at radius 2 is 1.62 bits per heavy atom. The number of carbonyl (C=O) groups is 3. The molecule has 0 aliphatic heterocycles. The van der Waals surface area contributed by atoms with E-state index in [1.807, 2.05) is 6.92 Å². The summed E-state index contributed by atoms with van der Waals surface area (Å²) in [6.07, 6.45) is 0.649. The van der Waals surface area contributed by atoms with Crippen molar-refractivity contribution >= 4 is 17.8 Å². The van der Waals surface area contributed by atoms with E-state index in [1.54, 1.807) is 17.9 Å². The summed E-state index contributed by atoms with van der Waals surface area (Å²) < 4.78 is 0. The molecule has 0 fully saturated rings. The fourth-order valence-corrected chi connectivity index (χ4v) is 1.19. The Morgan fingerprint density at radius 1 is 1.10 bits per heavy atom. The summed E-state index contributed by atoms with van der Waals surface area (Å²) in [5.74, 6) is -2.88. The van der Waals surface area contributed by atoms with E-state index in [1.165, 1.54) is 0 Å². The number of carbonyl (C=O) groups excluding carboxylic acids is 1. The minimum absolute atomic E-state index is 0.0127. The highest BCUT2D eigenvalue weighted by atomic mass is 16.5. The van der Waals surface area contributed by atoms with Gasteiger partial charge in [0.15, 0.2) is 0 Å². The molecule has 1 amide bonds. The largest absolute Gasteiger partial charge is 0.480 e. The zero-order valence-electron chi connectivity index (χ0n) is 11.9. The van der Waals surface area contributed by atoms with Gasteiger partial charge in [0, 0.05) is 6.42 Å². The maximum atomic E-state index is 10.3. The van der Waals surface area contributed by atoms with Gasteiger partial charge < -0.3 is 26.4 Å². The fourth-order valence-electron chi connectivity index (χ4n) is 1.19. The van der Waals surface area contributed by atoms with Crippen LogP contribution in [0.3, 0.4) is 0 Å². The molecular weight excluding hydrogens is 286 g/mol. The van der Waals surface area contributed by atoms with E-state index in [4.69, 9.17) is 26.4 Å². The molecule has 8 N–H and O–H groups in total. The van der Waals surface area contributed by atoms with Gasteiger partial charge in [0.1, 0.15) is 12.1 Å². The van der Waals surface area contributed by atoms with E-state index in [0.29, 0.717) is 0 Å². The number of carboxylic acids is 2. The second-order valence-electron chi connectivity index (χ2n) is 4.36. The summed E-state index contributed by atoms with van der Waals surface area (Å²) in [5, 5.41) is 33.4. The molecule has 0 heterocycles. The molecule has 0 radical (unpaired) electrons. The van der Waals surface area contributed by atoms with Gasteiger partial charge in [-0.25, -0.2) is 0 Å². The highest BCUT2D eigenvalue weighted by Gasteiger charge is 2.21. The van der Waals surface area contributed by atoms with Crippen LogP contribution in [0.25, 0.3) is 0 Å². The highest BCUT2D eigenvalue weighted by molar-refractivity contribution is 5.77. The Labute approximate surface area is 121 Å². The molecular formula is C11H23N3O7. The molecule has 0 saturated carbocycles. The molecule has 0 aliphatic rings. The van der Waals surface area contributed by atoms with Gasteiger partial charge in [-0.05, 0) is 12.3 Å². The first-order valence-electron chi connectivity index (χ1n) is 6.24. The van der Waals surface area contributed by atoms with Crippen molar-refractivity contribution in [2.24, 2.45) is 11.7 Å². The zero-order valence-corrected chi connectivity index (χ0v) is 11.9. The second kappa shape index (κ2) is 12.0. The summed E-state index contributed by atoms with van der Waals surface area (Å²) in [5.41, 5.74) is 8.06. The van der Waals surface area contributed by atoms with Gasteiger partial charge in [0.05, 0.1) is 0 Å². The number of primary amides is 1. The SMILES string of the molecule is CC[C@H](C)[C@H](NO)C(=O)O.NC(=O)CC[C@H](NO)C(=O)O. The third-order valence-electron chi connectivity index (χ3n) is 2.75. The summed E-state index contributed by atoms with van der Waals surface area (Å²) in [7, 11) is 0. The molecule has 0 aromatic carbocycles. The normalized spacial score (nSPS) is 14.3. The molecule has 0 aromatic heterocycles. The first-order chi connectivity index (χ1) is 9.70. The molecule has 21 heavy (non-hydrogen) atoms. The first kappa shape index (κ1) is 21.5. The van der Waals surface area contributed by atoms with Crippen LogP contribution in [0.5, 0.6) is 0 Å². The van der Waals surface area contributed by atoms with Crippen LogP contribution in [0.1, 0.15) is 33.1 Å². The lowest BCUT2D eigenvalue weighted by Crippen LogP contribution is -2.39. The van der Waals surface area contributed by atoms with Crippen LogP contribution in [-0.2, 0) is 14.4 Å². The number of aliphatic carboxylic acids is 2. The van der Waals surface area contributed by atoms with Crippen LogP contribution >= 0.6 is 0 Å². The van der Waals surface area contributed by atoms with Crippen molar-refractivity contribution in [1.82, 2.24) is 11.0 Å². The summed E-state index contributed by atoms with van der Waals surface area (Å²) in [6.45, 7) is 3.64. The van der Waals surface area contributed by atoms with E-state index < -0.39 is 29.9 Å². The predicted molar refractivity (Wildman–Crippen MR) is 70.6 cm³/mol. The molecule has 0 saturated heterocycles.